The largest absolute Gasteiger partial charge is 0.354 e. The summed E-state index contributed by atoms with van der Waals surface area (Å²) >= 11 is 24.4. The third kappa shape index (κ3) is 8.42. The van der Waals surface area contributed by atoms with Gasteiger partial charge in [-0.2, -0.15) is 0 Å². The number of hydrogen-bond donors (Lipinski definition) is 1. The molecule has 0 bridgehead atoms. The highest BCUT2D eigenvalue weighted by molar-refractivity contribution is 7.92. The van der Waals surface area contributed by atoms with Crippen LogP contribution in [-0.4, -0.2) is 50.5 Å². The van der Waals surface area contributed by atoms with Gasteiger partial charge in [0.1, 0.15) is 12.6 Å². The highest BCUT2D eigenvalue weighted by Crippen LogP contribution is 2.35. The van der Waals surface area contributed by atoms with E-state index in [-0.39, 0.29) is 39.1 Å². The first-order chi connectivity index (χ1) is 16.7. The topological polar surface area (TPSA) is 86.8 Å². The van der Waals surface area contributed by atoms with Crippen LogP contribution in [0.15, 0.2) is 36.4 Å². The normalized spacial score (nSPS) is 12.4. The molecule has 198 valence electrons. The quantitative estimate of drug-likeness (QED) is 0.340. The summed E-state index contributed by atoms with van der Waals surface area (Å²) in [6, 6.07) is 8.60. The van der Waals surface area contributed by atoms with Crippen molar-refractivity contribution in [3.63, 3.8) is 0 Å². The Hall–Kier alpha value is -1.71. The molecule has 2 amide bonds. The van der Waals surface area contributed by atoms with Gasteiger partial charge in [-0.05, 0) is 42.2 Å². The molecular weight excluding hydrogens is 568 g/mol. The minimum atomic E-state index is -3.97. The molecule has 0 aromatic heterocycles. The van der Waals surface area contributed by atoms with Crippen molar-refractivity contribution in [3.05, 3.63) is 62.1 Å². The van der Waals surface area contributed by atoms with Gasteiger partial charge in [0.05, 0.1) is 27.0 Å². The Morgan fingerprint density at radius 3 is 2.08 bits per heavy atom. The number of sulfonamides is 1. The maximum absolute atomic E-state index is 13.7. The van der Waals surface area contributed by atoms with Crippen molar-refractivity contribution in [2.45, 2.75) is 39.8 Å². The highest BCUT2D eigenvalue weighted by atomic mass is 35.5. The Morgan fingerprint density at radius 1 is 0.972 bits per heavy atom. The molecule has 2 rings (SSSR count). The van der Waals surface area contributed by atoms with E-state index in [0.29, 0.717) is 18.0 Å². The van der Waals surface area contributed by atoms with Crippen LogP contribution >= 0.6 is 46.4 Å². The number of nitrogens with zero attached hydrogens (tertiary/aromatic N) is 2. The number of nitrogens with one attached hydrogen (secondary N) is 1. The molecule has 1 N–H and O–H groups in total. The third-order valence-corrected chi connectivity index (χ3v) is 7.68. The van der Waals surface area contributed by atoms with Gasteiger partial charge in [0, 0.05) is 18.1 Å². The van der Waals surface area contributed by atoms with Gasteiger partial charge in [0.15, 0.2) is 0 Å². The number of carbonyl (C=O) groups is 2. The fraction of sp³-hybridized carbons (Fsp3) is 0.417. The van der Waals surface area contributed by atoms with Gasteiger partial charge in [-0.1, -0.05) is 79.3 Å². The Bertz CT molecular complexity index is 1190. The molecule has 0 fully saturated rings. The fourth-order valence-corrected chi connectivity index (χ4v) is 5.10. The maximum atomic E-state index is 13.7. The zero-order chi connectivity index (χ0) is 27.2. The van der Waals surface area contributed by atoms with Gasteiger partial charge in [0.25, 0.3) is 0 Å². The molecule has 0 aliphatic heterocycles. The van der Waals surface area contributed by atoms with E-state index in [2.05, 4.69) is 5.32 Å². The van der Waals surface area contributed by atoms with E-state index >= 15 is 0 Å². The summed E-state index contributed by atoms with van der Waals surface area (Å²) < 4.78 is 26.3. The summed E-state index contributed by atoms with van der Waals surface area (Å²) in [4.78, 5) is 28.1. The maximum Gasteiger partial charge on any atom is 0.244 e. The smallest absolute Gasteiger partial charge is 0.244 e. The number of amides is 2. The Labute approximate surface area is 232 Å². The molecule has 0 radical (unpaired) electrons. The summed E-state index contributed by atoms with van der Waals surface area (Å²) in [5, 5.41) is 3.61. The average molecular weight is 597 g/mol. The first-order valence-electron chi connectivity index (χ1n) is 11.2. The molecule has 1 atom stereocenters. The van der Waals surface area contributed by atoms with Crippen LogP contribution < -0.4 is 9.62 Å². The zero-order valence-electron chi connectivity index (χ0n) is 20.4. The summed E-state index contributed by atoms with van der Waals surface area (Å²) in [6.45, 7) is 5.61. The minimum Gasteiger partial charge on any atom is -0.354 e. The lowest BCUT2D eigenvalue weighted by Gasteiger charge is -2.33. The molecular formula is C24H29Cl4N3O4S. The second kappa shape index (κ2) is 13.2. The van der Waals surface area contributed by atoms with Crippen molar-refractivity contribution in [2.24, 2.45) is 5.92 Å². The monoisotopic (exact) mass is 595 g/mol. The van der Waals surface area contributed by atoms with Crippen molar-refractivity contribution in [1.82, 2.24) is 10.2 Å². The molecule has 0 spiro atoms. The molecule has 36 heavy (non-hydrogen) atoms. The molecule has 12 heteroatoms. The first-order valence-corrected chi connectivity index (χ1v) is 14.5. The predicted molar refractivity (Wildman–Crippen MR) is 148 cm³/mol. The number of hydrogen-bond acceptors (Lipinski definition) is 4. The second-order valence-electron chi connectivity index (χ2n) is 8.70. The highest BCUT2D eigenvalue weighted by Gasteiger charge is 2.32. The van der Waals surface area contributed by atoms with E-state index in [0.717, 1.165) is 16.1 Å². The molecule has 7 nitrogen and oxygen atoms in total. The van der Waals surface area contributed by atoms with E-state index in [4.69, 9.17) is 46.4 Å². The number of halogens is 4. The lowest BCUT2D eigenvalue weighted by atomic mass is 10.1. The van der Waals surface area contributed by atoms with E-state index in [1.807, 2.05) is 13.8 Å². The summed E-state index contributed by atoms with van der Waals surface area (Å²) in [5.74, 6) is -0.708. The number of anilines is 1. The lowest BCUT2D eigenvalue weighted by Crippen LogP contribution is -2.52. The SMILES string of the molecule is CC[C@H](C(=O)NCC(C)C)N(Cc1ccc(Cl)cc1)C(=O)CN(c1cc(Cl)c(Cl)cc1Cl)S(C)(=O)=O. The van der Waals surface area contributed by atoms with Crippen LogP contribution in [0.4, 0.5) is 5.69 Å². The van der Waals surface area contributed by atoms with Crippen LogP contribution in [0.1, 0.15) is 32.8 Å². The molecule has 2 aromatic carbocycles. The molecule has 0 heterocycles. The Kier molecular flexibility index (Phi) is 11.2. The van der Waals surface area contributed by atoms with Gasteiger partial charge in [-0.25, -0.2) is 8.42 Å². The van der Waals surface area contributed by atoms with Crippen molar-refractivity contribution in [3.8, 4) is 0 Å². The summed E-state index contributed by atoms with van der Waals surface area (Å²) in [5.41, 5.74) is 0.729. The second-order valence-corrected chi connectivity index (χ2v) is 12.3. The fourth-order valence-electron chi connectivity index (χ4n) is 3.43. The minimum absolute atomic E-state index is 0.00525. The third-order valence-electron chi connectivity index (χ3n) is 5.27. The average Bonchev–Trinajstić information content (AvgIpc) is 2.79. The standard InChI is InChI=1S/C24H29Cl4N3O4S/c1-5-21(24(33)29-12-15(2)3)30(13-16-6-8-17(25)9-7-16)23(32)14-31(36(4,34)35)22-11-19(27)18(26)10-20(22)28/h6-11,15,21H,5,12-14H2,1-4H3,(H,29,33)/t21-/m1/s1. The molecule has 0 saturated heterocycles. The Morgan fingerprint density at radius 2 is 1.56 bits per heavy atom. The van der Waals surface area contributed by atoms with Crippen molar-refractivity contribution < 1.29 is 18.0 Å². The van der Waals surface area contributed by atoms with Crippen LogP contribution in [0.3, 0.4) is 0 Å². The van der Waals surface area contributed by atoms with Gasteiger partial charge < -0.3 is 10.2 Å². The molecule has 0 unspecified atom stereocenters. The van der Waals surface area contributed by atoms with Crippen LogP contribution in [-0.2, 0) is 26.2 Å². The van der Waals surface area contributed by atoms with E-state index in [9.17, 15) is 18.0 Å². The van der Waals surface area contributed by atoms with Crippen molar-refractivity contribution in [2.75, 3.05) is 23.7 Å². The van der Waals surface area contributed by atoms with Crippen molar-refractivity contribution in [1.29, 1.82) is 0 Å². The summed E-state index contributed by atoms with van der Waals surface area (Å²) in [7, 11) is -3.97. The molecule has 2 aromatic rings. The van der Waals surface area contributed by atoms with Gasteiger partial charge in [-0.15, -0.1) is 0 Å². The van der Waals surface area contributed by atoms with E-state index < -0.39 is 28.5 Å². The molecule has 0 aliphatic carbocycles. The van der Waals surface area contributed by atoms with Gasteiger partial charge in [0.2, 0.25) is 21.8 Å². The lowest BCUT2D eigenvalue weighted by molar-refractivity contribution is -0.140. The van der Waals surface area contributed by atoms with Crippen LogP contribution in [0.5, 0.6) is 0 Å². The zero-order valence-corrected chi connectivity index (χ0v) is 24.2. The van der Waals surface area contributed by atoms with Gasteiger partial charge >= 0.3 is 0 Å². The molecule has 0 aliphatic rings. The summed E-state index contributed by atoms with van der Waals surface area (Å²) in [6.07, 6.45) is 1.27. The van der Waals surface area contributed by atoms with Crippen molar-refractivity contribution >= 4 is 73.9 Å². The van der Waals surface area contributed by atoms with E-state index in [1.54, 1.807) is 31.2 Å². The Balaban J connectivity index is 2.48. The van der Waals surface area contributed by atoms with Crippen LogP contribution in [0.25, 0.3) is 0 Å². The van der Waals surface area contributed by atoms with Crippen LogP contribution in [0.2, 0.25) is 20.1 Å². The predicted octanol–water partition coefficient (Wildman–Crippen LogP) is 5.65. The number of rotatable bonds is 11. The number of benzene rings is 2. The van der Waals surface area contributed by atoms with Crippen LogP contribution in [0, 0.1) is 5.92 Å². The molecule has 0 saturated carbocycles. The number of carbonyl (C=O) groups excluding carboxylic acids is 2. The van der Waals surface area contributed by atoms with Gasteiger partial charge in [-0.3, -0.25) is 13.9 Å². The first kappa shape index (κ1) is 30.5. The van der Waals surface area contributed by atoms with E-state index in [1.165, 1.54) is 17.0 Å².